The molecule has 4 aromatic rings. The molecule has 0 aliphatic carbocycles. The number of nitrogens with one attached hydrogen (secondary N) is 1. The summed E-state index contributed by atoms with van der Waals surface area (Å²) in [5, 5.41) is 11.0. The van der Waals surface area contributed by atoms with Crippen molar-refractivity contribution in [1.82, 2.24) is 29.8 Å². The molecule has 1 aliphatic rings. The van der Waals surface area contributed by atoms with E-state index >= 15 is 0 Å². The van der Waals surface area contributed by atoms with Crippen molar-refractivity contribution in [3.8, 4) is 11.5 Å². The average molecular weight is 504 g/mol. The van der Waals surface area contributed by atoms with E-state index in [9.17, 15) is 17.6 Å². The van der Waals surface area contributed by atoms with Gasteiger partial charge in [-0.3, -0.25) is 10.1 Å². The van der Waals surface area contributed by atoms with E-state index in [1.807, 2.05) is 11.9 Å². The molecule has 0 saturated carbocycles. The van der Waals surface area contributed by atoms with E-state index in [4.69, 9.17) is 4.52 Å². The number of halogens is 4. The average Bonchev–Trinajstić information content (AvgIpc) is 3.56. The van der Waals surface area contributed by atoms with Crippen LogP contribution in [-0.4, -0.2) is 75.0 Å². The van der Waals surface area contributed by atoms with Crippen molar-refractivity contribution in [1.29, 1.82) is 0 Å². The molecule has 0 unspecified atom stereocenters. The van der Waals surface area contributed by atoms with Crippen LogP contribution in [0.2, 0.25) is 0 Å². The first-order valence-electron chi connectivity index (χ1n) is 11.3. The normalized spacial score (nSPS) is 18.4. The molecule has 0 bridgehead atoms. The van der Waals surface area contributed by atoms with E-state index < -0.39 is 18.9 Å². The van der Waals surface area contributed by atoms with Gasteiger partial charge in [-0.25, -0.2) is 4.39 Å². The highest BCUT2D eigenvalue weighted by atomic mass is 19.4. The van der Waals surface area contributed by atoms with Crippen molar-refractivity contribution in [3.05, 3.63) is 42.5 Å². The number of alkyl halides is 4. The van der Waals surface area contributed by atoms with Crippen LogP contribution in [0.25, 0.3) is 22.4 Å². The van der Waals surface area contributed by atoms with Gasteiger partial charge in [-0.15, -0.1) is 0 Å². The van der Waals surface area contributed by atoms with E-state index in [0.29, 0.717) is 35.3 Å². The predicted molar refractivity (Wildman–Crippen MR) is 126 cm³/mol. The molecule has 1 fully saturated rings. The summed E-state index contributed by atoms with van der Waals surface area (Å²) in [5.74, 6) is 0.247. The van der Waals surface area contributed by atoms with E-state index in [-0.39, 0.29) is 30.5 Å². The molecule has 36 heavy (non-hydrogen) atoms. The summed E-state index contributed by atoms with van der Waals surface area (Å²) in [4.78, 5) is 12.5. The standard InChI is InChI=1S/C23H24F4N8O/c1-33-7-6-18(16(24)11-33)30-17-4-3-5-19-15(17)8-20(35(19)13-23(25,26)27)22-31-21(36-32-22)12-34(2)14-9-28-29-10-14/h3-5,8-10,16H,6-7,11-13H2,1-2H3,(H,28,29)/t16-/m0/s1. The number of benzene rings is 1. The molecule has 4 heterocycles. The lowest BCUT2D eigenvalue weighted by molar-refractivity contribution is -0.139. The molecule has 1 atom stereocenters. The Morgan fingerprint density at radius 2 is 2.14 bits per heavy atom. The third-order valence-electron chi connectivity index (χ3n) is 6.10. The summed E-state index contributed by atoms with van der Waals surface area (Å²) in [6, 6.07) is 6.41. The number of aromatic nitrogens is 5. The largest absolute Gasteiger partial charge is 0.406 e. The van der Waals surface area contributed by atoms with Gasteiger partial charge in [-0.2, -0.15) is 23.3 Å². The topological polar surface area (TPSA) is 91.4 Å². The summed E-state index contributed by atoms with van der Waals surface area (Å²) >= 11 is 0. The van der Waals surface area contributed by atoms with Crippen LogP contribution in [0.5, 0.6) is 0 Å². The van der Waals surface area contributed by atoms with E-state index in [0.717, 1.165) is 10.3 Å². The van der Waals surface area contributed by atoms with Crippen molar-refractivity contribution in [2.75, 3.05) is 32.1 Å². The van der Waals surface area contributed by atoms with Crippen molar-refractivity contribution in [2.45, 2.75) is 31.9 Å². The van der Waals surface area contributed by atoms with Gasteiger partial charge in [0, 0.05) is 38.1 Å². The fraction of sp³-hybridized carbons (Fsp3) is 0.391. The summed E-state index contributed by atoms with van der Waals surface area (Å²) in [6.45, 7) is -0.124. The Labute approximate surface area is 203 Å². The number of hydrogen-bond acceptors (Lipinski definition) is 7. The summed E-state index contributed by atoms with van der Waals surface area (Å²) in [6.07, 6.45) is -1.97. The molecule has 13 heteroatoms. The molecule has 9 nitrogen and oxygen atoms in total. The van der Waals surface area contributed by atoms with E-state index in [1.54, 1.807) is 48.6 Å². The number of fused-ring (bicyclic) bond motifs is 1. The van der Waals surface area contributed by atoms with Gasteiger partial charge in [0.05, 0.1) is 41.0 Å². The number of likely N-dealkylation sites (tertiary alicyclic amines) is 1. The van der Waals surface area contributed by atoms with Gasteiger partial charge in [0.15, 0.2) is 6.17 Å². The van der Waals surface area contributed by atoms with Gasteiger partial charge in [0.1, 0.15) is 6.54 Å². The van der Waals surface area contributed by atoms with E-state index in [2.05, 4.69) is 25.3 Å². The number of nitrogens with zero attached hydrogens (tertiary/aromatic N) is 7. The Morgan fingerprint density at radius 3 is 2.86 bits per heavy atom. The summed E-state index contributed by atoms with van der Waals surface area (Å²) in [5.41, 5.74) is 2.00. The molecule has 1 saturated heterocycles. The zero-order valence-electron chi connectivity index (χ0n) is 19.6. The number of rotatable bonds is 6. The van der Waals surface area contributed by atoms with Gasteiger partial charge in [-0.05, 0) is 25.2 Å². The monoisotopic (exact) mass is 504 g/mol. The Bertz CT molecular complexity index is 1370. The molecule has 3 aromatic heterocycles. The summed E-state index contributed by atoms with van der Waals surface area (Å²) in [7, 11) is 3.63. The minimum Gasteiger partial charge on any atom is -0.363 e. The molecule has 1 N–H and O–H groups in total. The molecule has 1 aliphatic heterocycles. The second-order valence-corrected chi connectivity index (χ2v) is 8.85. The molecule has 5 rings (SSSR count). The number of aliphatic imine (C=N–C) groups is 1. The van der Waals surface area contributed by atoms with Crippen molar-refractivity contribution < 1.29 is 22.1 Å². The highest BCUT2D eigenvalue weighted by Crippen LogP contribution is 2.36. The van der Waals surface area contributed by atoms with Crippen LogP contribution in [0.4, 0.5) is 28.9 Å². The van der Waals surface area contributed by atoms with Gasteiger partial charge in [0.25, 0.3) is 0 Å². The molecular formula is C23H24F4N8O. The first kappa shape index (κ1) is 24.0. The van der Waals surface area contributed by atoms with Crippen molar-refractivity contribution in [3.63, 3.8) is 0 Å². The van der Waals surface area contributed by atoms with Crippen LogP contribution in [0, 0.1) is 0 Å². The van der Waals surface area contributed by atoms with Crippen LogP contribution in [-0.2, 0) is 13.1 Å². The number of hydrogen-bond donors (Lipinski definition) is 1. The van der Waals surface area contributed by atoms with Crippen molar-refractivity contribution >= 4 is 28.0 Å². The molecule has 1 aromatic carbocycles. The summed E-state index contributed by atoms with van der Waals surface area (Å²) < 4.78 is 61.7. The maximum Gasteiger partial charge on any atom is 0.406 e. The van der Waals surface area contributed by atoms with E-state index in [1.165, 1.54) is 0 Å². The minimum absolute atomic E-state index is 0.0207. The Kier molecular flexibility index (Phi) is 6.24. The highest BCUT2D eigenvalue weighted by Gasteiger charge is 2.31. The first-order valence-corrected chi connectivity index (χ1v) is 11.3. The van der Waals surface area contributed by atoms with Crippen LogP contribution < -0.4 is 4.90 Å². The van der Waals surface area contributed by atoms with Crippen LogP contribution >= 0.6 is 0 Å². The predicted octanol–water partition coefficient (Wildman–Crippen LogP) is 4.36. The quantitative estimate of drug-likeness (QED) is 0.393. The number of H-pyrrole nitrogens is 1. The van der Waals surface area contributed by atoms with Crippen LogP contribution in [0.3, 0.4) is 0 Å². The smallest absolute Gasteiger partial charge is 0.363 e. The Morgan fingerprint density at radius 1 is 1.31 bits per heavy atom. The third kappa shape index (κ3) is 4.96. The highest BCUT2D eigenvalue weighted by molar-refractivity contribution is 5.99. The second-order valence-electron chi connectivity index (χ2n) is 8.85. The Balaban J connectivity index is 1.54. The lowest BCUT2D eigenvalue weighted by Crippen LogP contribution is -2.39. The van der Waals surface area contributed by atoms with Crippen molar-refractivity contribution in [2.24, 2.45) is 4.99 Å². The molecule has 0 radical (unpaired) electrons. The molecule has 190 valence electrons. The van der Waals surface area contributed by atoms with Gasteiger partial charge < -0.3 is 18.9 Å². The fourth-order valence-electron chi connectivity index (χ4n) is 4.28. The Hall–Kier alpha value is -3.74. The molecule has 0 amide bonds. The minimum atomic E-state index is -4.49. The zero-order chi connectivity index (χ0) is 25.4. The van der Waals surface area contributed by atoms with Gasteiger partial charge >= 0.3 is 6.18 Å². The maximum absolute atomic E-state index is 14.6. The number of piperidine rings is 1. The number of anilines is 1. The van der Waals surface area contributed by atoms with Crippen LogP contribution in [0.1, 0.15) is 12.3 Å². The molecular weight excluding hydrogens is 480 g/mol. The van der Waals surface area contributed by atoms with Crippen LogP contribution in [0.15, 0.2) is 46.2 Å². The van der Waals surface area contributed by atoms with Gasteiger partial charge in [0.2, 0.25) is 11.7 Å². The van der Waals surface area contributed by atoms with Gasteiger partial charge in [-0.1, -0.05) is 11.2 Å². The number of aromatic amines is 1. The zero-order valence-corrected chi connectivity index (χ0v) is 19.6. The lowest BCUT2D eigenvalue weighted by atomic mass is 10.1. The SMILES string of the molecule is CN1CCC(=Nc2cccc3c2cc(-c2noc(CN(C)c4cn[nH]c4)n2)n3CC(F)(F)F)[C@@H](F)C1. The third-order valence-corrected chi connectivity index (χ3v) is 6.10. The first-order chi connectivity index (χ1) is 17.2. The molecule has 0 spiro atoms. The fourth-order valence-corrected chi connectivity index (χ4v) is 4.28. The second kappa shape index (κ2) is 9.37. The maximum atomic E-state index is 14.6. The lowest BCUT2D eigenvalue weighted by Gasteiger charge is -2.26.